The zero-order chi connectivity index (χ0) is 14.6. The summed E-state index contributed by atoms with van der Waals surface area (Å²) in [6.07, 6.45) is -6.31. The van der Waals surface area contributed by atoms with Crippen molar-refractivity contribution in [2.24, 2.45) is 0 Å². The predicted octanol–water partition coefficient (Wildman–Crippen LogP) is 1.48. The number of hydrogen-bond donors (Lipinski definition) is 3. The lowest BCUT2D eigenvalue weighted by Crippen LogP contribution is -2.25. The van der Waals surface area contributed by atoms with Crippen LogP contribution in [-0.2, 0) is 6.18 Å². The van der Waals surface area contributed by atoms with Crippen LogP contribution >= 0.6 is 0 Å². The molecule has 104 valence electrons. The van der Waals surface area contributed by atoms with Crippen molar-refractivity contribution < 1.29 is 27.8 Å². The number of benzene rings is 1. The summed E-state index contributed by atoms with van der Waals surface area (Å²) in [4.78, 5) is 0. The first-order valence-corrected chi connectivity index (χ1v) is 5.13. The Kier molecular flexibility index (Phi) is 4.69. The van der Waals surface area contributed by atoms with Crippen molar-refractivity contribution in [2.75, 3.05) is 18.5 Å². The van der Waals surface area contributed by atoms with Crippen LogP contribution in [-0.4, -0.2) is 29.5 Å². The van der Waals surface area contributed by atoms with Gasteiger partial charge in [0.2, 0.25) is 0 Å². The summed E-state index contributed by atoms with van der Waals surface area (Å²) in [6.45, 7) is -1.12. The van der Waals surface area contributed by atoms with Crippen molar-refractivity contribution in [2.45, 2.75) is 12.3 Å². The highest BCUT2D eigenvalue weighted by atomic mass is 19.4. The maximum atomic E-state index is 13.3. The Bertz CT molecular complexity index is 497. The summed E-state index contributed by atoms with van der Waals surface area (Å²) >= 11 is 0. The molecule has 0 aliphatic heterocycles. The van der Waals surface area contributed by atoms with Gasteiger partial charge < -0.3 is 15.5 Å². The van der Waals surface area contributed by atoms with Crippen LogP contribution in [0.25, 0.3) is 0 Å². The van der Waals surface area contributed by atoms with E-state index in [1.807, 2.05) is 0 Å². The molecule has 0 fully saturated rings. The first-order chi connectivity index (χ1) is 8.81. The molecule has 4 nitrogen and oxygen atoms in total. The van der Waals surface area contributed by atoms with Crippen LogP contribution in [0.2, 0.25) is 0 Å². The minimum atomic E-state index is -4.98. The van der Waals surface area contributed by atoms with E-state index in [-0.39, 0.29) is 0 Å². The summed E-state index contributed by atoms with van der Waals surface area (Å²) in [5.41, 5.74) is -2.75. The number of nitrogens with one attached hydrogen (secondary N) is 1. The highest BCUT2D eigenvalue weighted by Crippen LogP contribution is 2.38. The second-order valence-corrected chi connectivity index (χ2v) is 3.67. The van der Waals surface area contributed by atoms with E-state index in [9.17, 15) is 17.6 Å². The van der Waals surface area contributed by atoms with Gasteiger partial charge in [0, 0.05) is 6.54 Å². The van der Waals surface area contributed by atoms with E-state index >= 15 is 0 Å². The molecule has 0 amide bonds. The quantitative estimate of drug-likeness (QED) is 0.729. The van der Waals surface area contributed by atoms with Crippen LogP contribution < -0.4 is 5.32 Å². The van der Waals surface area contributed by atoms with Crippen molar-refractivity contribution in [1.29, 1.82) is 5.26 Å². The zero-order valence-corrected chi connectivity index (χ0v) is 9.50. The Morgan fingerprint density at radius 2 is 2.00 bits per heavy atom. The highest BCUT2D eigenvalue weighted by molar-refractivity contribution is 5.64. The summed E-state index contributed by atoms with van der Waals surface area (Å²) in [5.74, 6) is -1.52. The monoisotopic (exact) mass is 278 g/mol. The van der Waals surface area contributed by atoms with Gasteiger partial charge in [0.15, 0.2) is 0 Å². The van der Waals surface area contributed by atoms with E-state index < -0.39 is 48.1 Å². The molecular weight excluding hydrogens is 268 g/mol. The lowest BCUT2D eigenvalue weighted by Gasteiger charge is -2.17. The van der Waals surface area contributed by atoms with Crippen molar-refractivity contribution in [3.63, 3.8) is 0 Å². The summed E-state index contributed by atoms with van der Waals surface area (Å²) in [7, 11) is 0. The lowest BCUT2D eigenvalue weighted by molar-refractivity contribution is -0.139. The number of aliphatic hydroxyl groups is 2. The van der Waals surface area contributed by atoms with Crippen LogP contribution in [0.3, 0.4) is 0 Å². The Balaban J connectivity index is 3.25. The summed E-state index contributed by atoms with van der Waals surface area (Å²) in [5, 5.41) is 28.5. The average molecular weight is 278 g/mol. The fraction of sp³-hybridized carbons (Fsp3) is 0.364. The third-order valence-corrected chi connectivity index (χ3v) is 2.28. The van der Waals surface area contributed by atoms with Crippen molar-refractivity contribution in [3.8, 4) is 6.07 Å². The first-order valence-electron chi connectivity index (χ1n) is 5.13. The molecule has 3 N–H and O–H groups in total. The molecule has 0 spiro atoms. The van der Waals surface area contributed by atoms with Crippen LogP contribution in [0, 0.1) is 17.1 Å². The minimum absolute atomic E-state index is 0.404. The third-order valence-electron chi connectivity index (χ3n) is 2.28. The fourth-order valence-corrected chi connectivity index (χ4v) is 1.42. The number of hydrogen-bond acceptors (Lipinski definition) is 4. The van der Waals surface area contributed by atoms with E-state index in [4.69, 9.17) is 15.5 Å². The van der Waals surface area contributed by atoms with Crippen molar-refractivity contribution >= 4 is 5.69 Å². The Hall–Kier alpha value is -1.85. The Morgan fingerprint density at radius 1 is 1.37 bits per heavy atom. The fourth-order valence-electron chi connectivity index (χ4n) is 1.42. The first kappa shape index (κ1) is 15.2. The van der Waals surface area contributed by atoms with Crippen LogP contribution in [0.15, 0.2) is 12.1 Å². The average Bonchev–Trinajstić information content (AvgIpc) is 2.34. The molecule has 1 unspecified atom stereocenters. The van der Waals surface area contributed by atoms with E-state index in [1.165, 1.54) is 6.07 Å². The maximum Gasteiger partial charge on any atom is 0.421 e. The largest absolute Gasteiger partial charge is 0.421 e. The van der Waals surface area contributed by atoms with E-state index in [0.717, 1.165) is 6.07 Å². The number of rotatable bonds is 4. The topological polar surface area (TPSA) is 76.3 Å². The SMILES string of the molecule is N#Cc1ccc(F)c(C(F)(F)F)c1NCC(O)CO. The number of alkyl halides is 3. The van der Waals surface area contributed by atoms with Crippen LogP contribution in [0.5, 0.6) is 0 Å². The molecule has 0 aromatic heterocycles. The smallest absolute Gasteiger partial charge is 0.394 e. The second kappa shape index (κ2) is 5.86. The number of nitriles is 1. The summed E-state index contributed by atoms with van der Waals surface area (Å²) < 4.78 is 51.5. The number of halogens is 4. The molecule has 0 heterocycles. The molecule has 1 aromatic carbocycles. The molecule has 0 aliphatic rings. The molecule has 19 heavy (non-hydrogen) atoms. The van der Waals surface area contributed by atoms with E-state index in [1.54, 1.807) is 0 Å². The van der Waals surface area contributed by atoms with Gasteiger partial charge in [0.25, 0.3) is 0 Å². The normalized spacial score (nSPS) is 12.9. The van der Waals surface area contributed by atoms with Crippen LogP contribution in [0.1, 0.15) is 11.1 Å². The third kappa shape index (κ3) is 3.56. The van der Waals surface area contributed by atoms with Gasteiger partial charge in [0.1, 0.15) is 17.4 Å². The van der Waals surface area contributed by atoms with Crippen LogP contribution in [0.4, 0.5) is 23.2 Å². The van der Waals surface area contributed by atoms with E-state index in [0.29, 0.717) is 6.07 Å². The molecular formula is C11H10F4N2O2. The van der Waals surface area contributed by atoms with Gasteiger partial charge in [-0.15, -0.1) is 0 Å². The van der Waals surface area contributed by atoms with Crippen molar-refractivity contribution in [3.05, 3.63) is 29.1 Å². The molecule has 0 saturated heterocycles. The standard InChI is InChI=1S/C11H10F4N2O2/c12-8-2-1-6(3-16)10(9(8)11(13,14)15)17-4-7(19)5-18/h1-2,7,17-19H,4-5H2. The van der Waals surface area contributed by atoms with Gasteiger partial charge in [-0.1, -0.05) is 0 Å². The van der Waals surface area contributed by atoms with Gasteiger partial charge in [-0.2, -0.15) is 18.4 Å². The molecule has 1 atom stereocenters. The number of aliphatic hydroxyl groups excluding tert-OH is 2. The van der Waals surface area contributed by atoms with Gasteiger partial charge >= 0.3 is 6.18 Å². The zero-order valence-electron chi connectivity index (χ0n) is 9.50. The van der Waals surface area contributed by atoms with Gasteiger partial charge in [0.05, 0.1) is 24.0 Å². The second-order valence-electron chi connectivity index (χ2n) is 3.67. The highest BCUT2D eigenvalue weighted by Gasteiger charge is 2.38. The predicted molar refractivity (Wildman–Crippen MR) is 57.7 cm³/mol. The minimum Gasteiger partial charge on any atom is -0.394 e. The van der Waals surface area contributed by atoms with Gasteiger partial charge in [-0.25, -0.2) is 4.39 Å². The molecule has 1 aromatic rings. The Labute approximate surface area is 105 Å². The number of anilines is 1. The number of nitrogens with zero attached hydrogens (tertiary/aromatic N) is 1. The maximum absolute atomic E-state index is 13.3. The summed E-state index contributed by atoms with van der Waals surface area (Å²) in [6, 6.07) is 2.96. The van der Waals surface area contributed by atoms with Crippen molar-refractivity contribution in [1.82, 2.24) is 0 Å². The van der Waals surface area contributed by atoms with Gasteiger partial charge in [-0.3, -0.25) is 0 Å². The molecule has 0 aliphatic carbocycles. The molecule has 1 rings (SSSR count). The van der Waals surface area contributed by atoms with Gasteiger partial charge in [-0.05, 0) is 12.1 Å². The molecule has 0 saturated carbocycles. The lowest BCUT2D eigenvalue weighted by atomic mass is 10.1. The molecule has 8 heteroatoms. The molecule has 0 bridgehead atoms. The van der Waals surface area contributed by atoms with E-state index in [2.05, 4.69) is 5.32 Å². The Morgan fingerprint density at radius 3 is 2.47 bits per heavy atom. The molecule has 0 radical (unpaired) electrons.